The Morgan fingerprint density at radius 2 is 1.75 bits per heavy atom. The third kappa shape index (κ3) is 5.64. The van der Waals surface area contributed by atoms with Crippen LogP contribution in [0.25, 0.3) is 0 Å². The standard InChI is InChI=1S/C17H26N2O/c20-17(18-13-6-11-15-9-4-5-10-15)19-14-12-16-7-2-1-3-8-16/h1-3,7-8,15H,4-6,9-14H2,(H2,18,19,20). The van der Waals surface area contributed by atoms with Gasteiger partial charge in [0.15, 0.2) is 0 Å². The van der Waals surface area contributed by atoms with E-state index >= 15 is 0 Å². The lowest BCUT2D eigenvalue weighted by atomic mass is 10.0. The molecule has 0 atom stereocenters. The Labute approximate surface area is 122 Å². The van der Waals surface area contributed by atoms with Crippen LogP contribution in [0.2, 0.25) is 0 Å². The summed E-state index contributed by atoms with van der Waals surface area (Å²) < 4.78 is 0. The van der Waals surface area contributed by atoms with Gasteiger partial charge in [-0.2, -0.15) is 0 Å². The summed E-state index contributed by atoms with van der Waals surface area (Å²) in [4.78, 5) is 11.6. The van der Waals surface area contributed by atoms with Crippen LogP contribution in [0.15, 0.2) is 30.3 Å². The highest BCUT2D eigenvalue weighted by Gasteiger charge is 2.14. The minimum Gasteiger partial charge on any atom is -0.338 e. The van der Waals surface area contributed by atoms with Crippen LogP contribution in [0.5, 0.6) is 0 Å². The van der Waals surface area contributed by atoms with Crippen LogP contribution in [-0.4, -0.2) is 19.1 Å². The first-order chi connectivity index (χ1) is 9.84. The molecule has 2 rings (SSSR count). The van der Waals surface area contributed by atoms with Crippen LogP contribution in [-0.2, 0) is 6.42 Å². The highest BCUT2D eigenvalue weighted by atomic mass is 16.2. The zero-order chi connectivity index (χ0) is 14.0. The fourth-order valence-electron chi connectivity index (χ4n) is 2.92. The van der Waals surface area contributed by atoms with Gasteiger partial charge in [-0.3, -0.25) is 0 Å². The molecule has 0 aromatic heterocycles. The Balaban J connectivity index is 1.48. The van der Waals surface area contributed by atoms with E-state index in [2.05, 4.69) is 22.8 Å². The third-order valence-corrected chi connectivity index (χ3v) is 4.09. The summed E-state index contributed by atoms with van der Waals surface area (Å²) in [6, 6.07) is 10.2. The van der Waals surface area contributed by atoms with Crippen LogP contribution < -0.4 is 10.6 Å². The second-order valence-electron chi connectivity index (χ2n) is 5.71. The molecule has 1 aromatic rings. The number of rotatable bonds is 7. The van der Waals surface area contributed by atoms with Crippen LogP contribution >= 0.6 is 0 Å². The second kappa shape index (κ2) is 8.62. The van der Waals surface area contributed by atoms with Gasteiger partial charge in [0, 0.05) is 13.1 Å². The molecule has 2 N–H and O–H groups in total. The van der Waals surface area contributed by atoms with Crippen molar-refractivity contribution in [3.05, 3.63) is 35.9 Å². The van der Waals surface area contributed by atoms with Crippen molar-refractivity contribution in [2.75, 3.05) is 13.1 Å². The Hall–Kier alpha value is -1.51. The molecule has 110 valence electrons. The molecule has 1 aliphatic carbocycles. The van der Waals surface area contributed by atoms with Crippen molar-refractivity contribution >= 4 is 6.03 Å². The summed E-state index contributed by atoms with van der Waals surface area (Å²) in [5.74, 6) is 0.915. The molecule has 1 saturated carbocycles. The molecule has 20 heavy (non-hydrogen) atoms. The minimum absolute atomic E-state index is 0.0349. The molecule has 3 nitrogen and oxygen atoms in total. The highest BCUT2D eigenvalue weighted by Crippen LogP contribution is 2.28. The van der Waals surface area contributed by atoms with E-state index < -0.39 is 0 Å². The Morgan fingerprint density at radius 1 is 1.05 bits per heavy atom. The molecule has 2 amide bonds. The lowest BCUT2D eigenvalue weighted by Crippen LogP contribution is -2.37. The summed E-state index contributed by atoms with van der Waals surface area (Å²) >= 11 is 0. The maximum atomic E-state index is 11.6. The maximum Gasteiger partial charge on any atom is 0.314 e. The van der Waals surface area contributed by atoms with Crippen molar-refractivity contribution in [2.24, 2.45) is 5.92 Å². The van der Waals surface area contributed by atoms with Gasteiger partial charge in [-0.15, -0.1) is 0 Å². The van der Waals surface area contributed by atoms with Gasteiger partial charge in [0.2, 0.25) is 0 Å². The van der Waals surface area contributed by atoms with Gasteiger partial charge in [-0.25, -0.2) is 4.79 Å². The minimum atomic E-state index is -0.0349. The average molecular weight is 274 g/mol. The first-order valence-electron chi connectivity index (χ1n) is 7.90. The molecule has 0 bridgehead atoms. The quantitative estimate of drug-likeness (QED) is 0.734. The molecular weight excluding hydrogens is 248 g/mol. The zero-order valence-corrected chi connectivity index (χ0v) is 12.2. The van der Waals surface area contributed by atoms with E-state index in [1.54, 1.807) is 0 Å². The lowest BCUT2D eigenvalue weighted by molar-refractivity contribution is 0.240. The lowest BCUT2D eigenvalue weighted by Gasteiger charge is -2.10. The van der Waals surface area contributed by atoms with Gasteiger partial charge >= 0.3 is 6.03 Å². The average Bonchev–Trinajstić information content (AvgIpc) is 2.98. The van der Waals surface area contributed by atoms with Gasteiger partial charge in [0.25, 0.3) is 0 Å². The fraction of sp³-hybridized carbons (Fsp3) is 0.588. The molecule has 1 aliphatic rings. The Kier molecular flexibility index (Phi) is 6.42. The molecule has 1 fully saturated rings. The number of benzene rings is 1. The smallest absolute Gasteiger partial charge is 0.314 e. The van der Waals surface area contributed by atoms with E-state index in [4.69, 9.17) is 0 Å². The second-order valence-corrected chi connectivity index (χ2v) is 5.71. The van der Waals surface area contributed by atoms with Crippen molar-refractivity contribution < 1.29 is 4.79 Å². The highest BCUT2D eigenvalue weighted by molar-refractivity contribution is 5.73. The molecule has 0 unspecified atom stereocenters. The van der Waals surface area contributed by atoms with Gasteiger partial charge in [0.05, 0.1) is 0 Å². The maximum absolute atomic E-state index is 11.6. The SMILES string of the molecule is O=C(NCCCC1CCCC1)NCCc1ccccc1. The molecule has 3 heteroatoms. The number of nitrogens with one attached hydrogen (secondary N) is 2. The van der Waals surface area contributed by atoms with Gasteiger partial charge in [-0.05, 0) is 30.7 Å². The van der Waals surface area contributed by atoms with Crippen molar-refractivity contribution in [1.82, 2.24) is 10.6 Å². The van der Waals surface area contributed by atoms with E-state index in [9.17, 15) is 4.79 Å². The number of hydrogen-bond donors (Lipinski definition) is 2. The summed E-state index contributed by atoms with van der Waals surface area (Å²) in [6.07, 6.45) is 8.85. The first-order valence-corrected chi connectivity index (χ1v) is 7.90. The molecular formula is C17H26N2O. The molecule has 0 spiro atoms. The molecule has 0 aliphatic heterocycles. The molecule has 0 heterocycles. The van der Waals surface area contributed by atoms with E-state index in [-0.39, 0.29) is 6.03 Å². The number of hydrogen-bond acceptors (Lipinski definition) is 1. The number of carbonyl (C=O) groups excluding carboxylic acids is 1. The van der Waals surface area contributed by atoms with Gasteiger partial charge in [0.1, 0.15) is 0 Å². The van der Waals surface area contributed by atoms with Crippen molar-refractivity contribution in [3.8, 4) is 0 Å². The summed E-state index contributed by atoms with van der Waals surface area (Å²) in [5.41, 5.74) is 1.26. The van der Waals surface area contributed by atoms with Crippen LogP contribution in [0.1, 0.15) is 44.1 Å². The van der Waals surface area contributed by atoms with Crippen molar-refractivity contribution in [2.45, 2.75) is 44.9 Å². The van der Waals surface area contributed by atoms with Crippen LogP contribution in [0.3, 0.4) is 0 Å². The third-order valence-electron chi connectivity index (χ3n) is 4.09. The number of amides is 2. The first kappa shape index (κ1) is 14.9. The van der Waals surface area contributed by atoms with Gasteiger partial charge < -0.3 is 10.6 Å². The van der Waals surface area contributed by atoms with E-state index in [0.29, 0.717) is 6.54 Å². The Morgan fingerprint density at radius 3 is 2.50 bits per heavy atom. The largest absolute Gasteiger partial charge is 0.338 e. The molecule has 0 radical (unpaired) electrons. The zero-order valence-electron chi connectivity index (χ0n) is 12.2. The summed E-state index contributed by atoms with van der Waals surface area (Å²) in [6.45, 7) is 1.49. The number of carbonyl (C=O) groups is 1. The molecule has 0 saturated heterocycles. The summed E-state index contributed by atoms with van der Waals surface area (Å²) in [7, 11) is 0. The fourth-order valence-corrected chi connectivity index (χ4v) is 2.92. The van der Waals surface area contributed by atoms with E-state index in [1.807, 2.05) is 18.2 Å². The van der Waals surface area contributed by atoms with Crippen LogP contribution in [0, 0.1) is 5.92 Å². The van der Waals surface area contributed by atoms with Crippen LogP contribution in [0.4, 0.5) is 4.79 Å². The van der Waals surface area contributed by atoms with E-state index in [0.717, 1.165) is 25.3 Å². The number of urea groups is 1. The predicted molar refractivity (Wildman–Crippen MR) is 82.7 cm³/mol. The monoisotopic (exact) mass is 274 g/mol. The van der Waals surface area contributed by atoms with Crippen molar-refractivity contribution in [1.29, 1.82) is 0 Å². The topological polar surface area (TPSA) is 41.1 Å². The predicted octanol–water partition coefficient (Wildman–Crippen LogP) is 3.50. The van der Waals surface area contributed by atoms with Crippen molar-refractivity contribution in [3.63, 3.8) is 0 Å². The summed E-state index contributed by atoms with van der Waals surface area (Å²) in [5, 5.41) is 5.85. The van der Waals surface area contributed by atoms with Gasteiger partial charge in [-0.1, -0.05) is 56.0 Å². The van der Waals surface area contributed by atoms with E-state index in [1.165, 1.54) is 37.7 Å². The Bertz CT molecular complexity index is 385. The normalized spacial score (nSPS) is 15.2. The molecule has 1 aromatic carbocycles.